The molecule has 1 aromatic carbocycles. The van der Waals surface area contributed by atoms with E-state index in [4.69, 9.17) is 0 Å². The van der Waals surface area contributed by atoms with Crippen molar-refractivity contribution in [1.82, 2.24) is 0 Å². The number of benzene rings is 1. The molecule has 0 aliphatic heterocycles. The average molecular weight is 211 g/mol. The van der Waals surface area contributed by atoms with Crippen LogP contribution in [0.5, 0.6) is 0 Å². The van der Waals surface area contributed by atoms with Crippen molar-refractivity contribution < 1.29 is 13.2 Å². The summed E-state index contributed by atoms with van der Waals surface area (Å²) in [7, 11) is 0. The van der Waals surface area contributed by atoms with Crippen LogP contribution in [0.3, 0.4) is 0 Å². The van der Waals surface area contributed by atoms with Gasteiger partial charge in [-0.1, -0.05) is 6.07 Å². The van der Waals surface area contributed by atoms with Gasteiger partial charge in [0, 0.05) is 46.5 Å². The topological polar surface area (TPSA) is 52.2 Å². The Morgan fingerprint density at radius 2 is 2.15 bits per heavy atom. The minimum absolute atomic E-state index is 0. The molecule has 0 amide bonds. The van der Waals surface area contributed by atoms with Gasteiger partial charge in [0.25, 0.3) is 0 Å². The summed E-state index contributed by atoms with van der Waals surface area (Å²) in [6, 6.07) is 4.13. The molecule has 0 aliphatic carbocycles. The van der Waals surface area contributed by atoms with Gasteiger partial charge >= 0.3 is 0 Å². The Morgan fingerprint density at radius 3 is 2.62 bits per heavy atom. The maximum Gasteiger partial charge on any atom is 0.128 e. The number of hydrogen-bond donors (Lipinski definition) is 1. The number of nitrogens with one attached hydrogen (secondary N) is 1. The van der Waals surface area contributed by atoms with Gasteiger partial charge in [-0.25, -0.2) is 4.39 Å². The summed E-state index contributed by atoms with van der Waals surface area (Å²) in [6.45, 7) is 1.60. The molecule has 1 aromatic rings. The zero-order chi connectivity index (χ0) is 9.14. The Labute approximate surface area is 100 Å². The first-order valence-electron chi connectivity index (χ1n) is 3.21. The Kier molecular flexibility index (Phi) is 5.75. The van der Waals surface area contributed by atoms with Crippen LogP contribution in [0.1, 0.15) is 5.56 Å². The third-order valence-electron chi connectivity index (χ3n) is 1.37. The Balaban J connectivity index is 0.00000144. The van der Waals surface area contributed by atoms with Gasteiger partial charge in [0.05, 0.1) is 0 Å². The van der Waals surface area contributed by atoms with Crippen molar-refractivity contribution in [2.24, 2.45) is 0 Å². The van der Waals surface area contributed by atoms with Gasteiger partial charge in [0.1, 0.15) is 5.82 Å². The smallest absolute Gasteiger partial charge is 0.128 e. The fourth-order valence-electron chi connectivity index (χ4n) is 0.753. The molecule has 0 aliphatic rings. The van der Waals surface area contributed by atoms with Crippen LogP contribution in [0.25, 0.3) is 0 Å². The zero-order valence-electron chi connectivity index (χ0n) is 7.33. The van der Waals surface area contributed by atoms with E-state index >= 15 is 0 Å². The second-order valence-corrected chi connectivity index (χ2v) is 2.97. The van der Waals surface area contributed by atoms with Crippen LogP contribution in [0.2, 0.25) is 0 Å². The van der Waals surface area contributed by atoms with Crippen molar-refractivity contribution in [3.63, 3.8) is 0 Å². The van der Waals surface area contributed by atoms with Gasteiger partial charge < -0.3 is 9.27 Å². The molecular formula is C7H7FNNaO2S-. The van der Waals surface area contributed by atoms with E-state index in [-0.39, 0.29) is 35.2 Å². The van der Waals surface area contributed by atoms with E-state index in [1.165, 1.54) is 12.1 Å². The number of anilines is 1. The number of halogens is 1. The molecule has 3 nitrogen and oxygen atoms in total. The molecule has 67 valence electrons. The van der Waals surface area contributed by atoms with E-state index in [0.717, 1.165) is 6.07 Å². The molecule has 0 bridgehead atoms. The minimum Gasteiger partial charge on any atom is -0.755 e. The monoisotopic (exact) mass is 211 g/mol. The molecule has 6 heteroatoms. The van der Waals surface area contributed by atoms with E-state index < -0.39 is 17.1 Å². The van der Waals surface area contributed by atoms with E-state index in [0.29, 0.717) is 5.56 Å². The maximum atomic E-state index is 12.8. The van der Waals surface area contributed by atoms with Crippen molar-refractivity contribution in [3.05, 3.63) is 29.6 Å². The number of aryl methyl sites for hydroxylation is 1. The average Bonchev–Trinajstić information content (AvgIpc) is 1.96. The molecule has 13 heavy (non-hydrogen) atoms. The van der Waals surface area contributed by atoms with Crippen LogP contribution in [0.4, 0.5) is 10.1 Å². The summed E-state index contributed by atoms with van der Waals surface area (Å²) >= 11 is -2.40. The largest absolute Gasteiger partial charge is 0.755 e. The van der Waals surface area contributed by atoms with Crippen LogP contribution in [-0.4, -0.2) is 38.3 Å². The van der Waals surface area contributed by atoms with E-state index in [9.17, 15) is 13.2 Å². The summed E-state index contributed by atoms with van der Waals surface area (Å²) in [5.74, 6) is -0.426. The molecule has 0 fully saturated rings. The molecule has 0 saturated heterocycles. The third kappa shape index (κ3) is 4.19. The quantitative estimate of drug-likeness (QED) is 0.585. The zero-order valence-corrected chi connectivity index (χ0v) is 10.2. The molecule has 0 spiro atoms. The van der Waals surface area contributed by atoms with Crippen molar-refractivity contribution in [3.8, 4) is 0 Å². The summed E-state index contributed by atoms with van der Waals surface area (Å²) < 4.78 is 35.1. The first-order chi connectivity index (χ1) is 5.59. The molecular weight excluding hydrogens is 204 g/mol. The number of rotatable bonds is 2. The Bertz CT molecular complexity index is 321. The molecule has 1 radical (unpaired) electrons. The van der Waals surface area contributed by atoms with Crippen LogP contribution >= 0.6 is 0 Å². The second kappa shape index (κ2) is 5.72. The van der Waals surface area contributed by atoms with E-state index in [2.05, 4.69) is 0 Å². The Hall–Kier alpha value is 0.0600. The summed E-state index contributed by atoms with van der Waals surface area (Å²) in [5, 5.41) is 0. The fourth-order valence-corrected chi connectivity index (χ4v) is 1.07. The fraction of sp³-hybridized carbons (Fsp3) is 0.143. The maximum absolute atomic E-state index is 12.8. The Morgan fingerprint density at radius 1 is 1.54 bits per heavy atom. The van der Waals surface area contributed by atoms with Gasteiger partial charge in [-0.3, -0.25) is 4.21 Å². The van der Waals surface area contributed by atoms with Gasteiger partial charge in [-0.05, 0) is 24.6 Å². The molecule has 0 saturated carbocycles. The minimum atomic E-state index is -2.40. The molecule has 0 aromatic heterocycles. The first-order valence-corrected chi connectivity index (χ1v) is 4.29. The van der Waals surface area contributed by atoms with Crippen molar-refractivity contribution in [2.75, 3.05) is 4.72 Å². The van der Waals surface area contributed by atoms with Gasteiger partial charge in [-0.2, -0.15) is 0 Å². The van der Waals surface area contributed by atoms with Crippen LogP contribution in [0.15, 0.2) is 18.2 Å². The second-order valence-electron chi connectivity index (χ2n) is 2.30. The SMILES string of the molecule is Cc1ccc(NS(=O)[O-])cc1F.[Na]. The summed E-state index contributed by atoms with van der Waals surface area (Å²) in [4.78, 5) is 0. The molecule has 0 heterocycles. The third-order valence-corrected chi connectivity index (χ3v) is 1.78. The van der Waals surface area contributed by atoms with Crippen LogP contribution < -0.4 is 4.72 Å². The predicted molar refractivity (Wildman–Crippen MR) is 49.4 cm³/mol. The van der Waals surface area contributed by atoms with Gasteiger partial charge in [0.15, 0.2) is 0 Å². The van der Waals surface area contributed by atoms with Crippen molar-refractivity contribution in [2.45, 2.75) is 6.92 Å². The van der Waals surface area contributed by atoms with Crippen molar-refractivity contribution >= 4 is 46.5 Å². The number of hydrogen-bond acceptors (Lipinski definition) is 2. The summed E-state index contributed by atoms with van der Waals surface area (Å²) in [5.41, 5.74) is 0.712. The first kappa shape index (κ1) is 13.1. The van der Waals surface area contributed by atoms with Crippen molar-refractivity contribution in [1.29, 1.82) is 0 Å². The molecule has 1 unspecified atom stereocenters. The van der Waals surface area contributed by atoms with E-state index in [1.807, 2.05) is 4.72 Å². The summed E-state index contributed by atoms with van der Waals surface area (Å²) in [6.07, 6.45) is 0. The van der Waals surface area contributed by atoms with Gasteiger partial charge in [0.2, 0.25) is 0 Å². The van der Waals surface area contributed by atoms with Crippen LogP contribution in [0, 0.1) is 12.7 Å². The molecule has 1 N–H and O–H groups in total. The molecule has 1 atom stereocenters. The molecule has 1 rings (SSSR count). The normalized spacial score (nSPS) is 11.6. The van der Waals surface area contributed by atoms with Crippen LogP contribution in [-0.2, 0) is 11.3 Å². The standard InChI is InChI=1S/C7H8FNO2S.Na/c1-5-2-3-6(4-7(5)8)9-12(10)11;/h2-4,9H,1H3,(H,10,11);/p-1. The van der Waals surface area contributed by atoms with E-state index in [1.54, 1.807) is 6.92 Å². The van der Waals surface area contributed by atoms with Gasteiger partial charge in [-0.15, -0.1) is 0 Å². The predicted octanol–water partition coefficient (Wildman–Crippen LogP) is 0.959.